The third-order valence-electron chi connectivity index (χ3n) is 4.54. The number of aromatic nitrogens is 2. The summed E-state index contributed by atoms with van der Waals surface area (Å²) in [5.41, 5.74) is 0.920. The van der Waals surface area contributed by atoms with Gasteiger partial charge >= 0.3 is 0 Å². The Morgan fingerprint density at radius 1 is 1.33 bits per heavy atom. The average Bonchev–Trinajstić information content (AvgIpc) is 3.22. The molecule has 3 heterocycles. The number of imidazole rings is 1. The van der Waals surface area contributed by atoms with Crippen LogP contribution in [0.5, 0.6) is 0 Å². The lowest BCUT2D eigenvalue weighted by atomic mass is 10.0. The maximum absolute atomic E-state index is 12.5. The lowest BCUT2D eigenvalue weighted by molar-refractivity contribution is -0.697. The Morgan fingerprint density at radius 2 is 2.21 bits per heavy atom. The number of carbonyl (C=O) groups excluding carboxylic acids is 2. The minimum atomic E-state index is -0.475. The van der Waals surface area contributed by atoms with Crippen molar-refractivity contribution in [2.24, 2.45) is 0 Å². The summed E-state index contributed by atoms with van der Waals surface area (Å²) in [4.78, 5) is 29.5. The molecule has 2 amide bonds. The fourth-order valence-electron chi connectivity index (χ4n) is 3.29. The van der Waals surface area contributed by atoms with E-state index in [2.05, 4.69) is 10.3 Å². The quantitative estimate of drug-likeness (QED) is 0.470. The van der Waals surface area contributed by atoms with Crippen LogP contribution in [0, 0.1) is 0 Å². The van der Waals surface area contributed by atoms with E-state index in [1.54, 1.807) is 12.0 Å². The van der Waals surface area contributed by atoms with Crippen LogP contribution in [0.3, 0.4) is 0 Å². The van der Waals surface area contributed by atoms with Gasteiger partial charge in [0.1, 0.15) is 30.5 Å². The zero-order valence-electron chi connectivity index (χ0n) is 14.0. The van der Waals surface area contributed by atoms with Crippen LogP contribution in [0.2, 0.25) is 0 Å². The predicted molar refractivity (Wildman–Crippen MR) is 84.1 cm³/mol. The number of rotatable bonds is 8. The molecule has 8 nitrogen and oxygen atoms in total. The van der Waals surface area contributed by atoms with E-state index in [-0.39, 0.29) is 17.9 Å². The van der Waals surface area contributed by atoms with Gasteiger partial charge in [-0.15, -0.1) is 0 Å². The van der Waals surface area contributed by atoms with E-state index in [4.69, 9.17) is 9.47 Å². The average molecular weight is 337 g/mol. The van der Waals surface area contributed by atoms with E-state index < -0.39 is 6.04 Å². The highest BCUT2D eigenvalue weighted by atomic mass is 16.5. The molecule has 1 aromatic rings. The molecule has 2 atom stereocenters. The van der Waals surface area contributed by atoms with Gasteiger partial charge in [-0.2, -0.15) is 0 Å². The Balaban J connectivity index is 1.51. The molecule has 1 aromatic heterocycles. The van der Waals surface area contributed by atoms with E-state index in [1.165, 1.54) is 0 Å². The molecule has 0 bridgehead atoms. The van der Waals surface area contributed by atoms with Crippen LogP contribution in [0.15, 0.2) is 12.5 Å². The molecule has 132 valence electrons. The Bertz CT molecular complexity index is 588. The van der Waals surface area contributed by atoms with Gasteiger partial charge in [0.05, 0.1) is 19.8 Å². The number of nitrogens with one attached hydrogen (secondary N) is 2. The van der Waals surface area contributed by atoms with Crippen LogP contribution in [0.4, 0.5) is 0 Å². The summed E-state index contributed by atoms with van der Waals surface area (Å²) in [6.07, 6.45) is 5.96. The standard InChI is InChI=1S/C16H24N4O4/c1-23-7-8-24-6-5-19-10-12(17-11-19)9-13-16(22)20-4-2-3-14(20)15(21)18-13/h10-11,13-14H,2-9H2,1H3,(H,18,21)/p+1/t13-,14-/m0/s1. The smallest absolute Gasteiger partial charge is 0.246 e. The van der Waals surface area contributed by atoms with Crippen molar-refractivity contribution in [2.45, 2.75) is 37.9 Å². The van der Waals surface area contributed by atoms with Gasteiger partial charge < -0.3 is 19.7 Å². The molecule has 2 saturated heterocycles. The van der Waals surface area contributed by atoms with Gasteiger partial charge in [0.2, 0.25) is 18.1 Å². The number of H-pyrrole nitrogens is 1. The molecule has 0 spiro atoms. The number of nitrogens with zero attached hydrogens (tertiary/aromatic N) is 2. The normalized spacial score (nSPS) is 23.5. The van der Waals surface area contributed by atoms with E-state index in [0.29, 0.717) is 32.8 Å². The van der Waals surface area contributed by atoms with Crippen LogP contribution >= 0.6 is 0 Å². The minimum Gasteiger partial charge on any atom is -0.382 e. The number of fused-ring (bicyclic) bond motifs is 1. The number of methoxy groups -OCH3 is 1. The number of carbonyl (C=O) groups is 2. The van der Waals surface area contributed by atoms with Gasteiger partial charge in [0.25, 0.3) is 0 Å². The van der Waals surface area contributed by atoms with E-state index in [0.717, 1.165) is 25.1 Å². The molecule has 2 N–H and O–H groups in total. The number of piperazine rings is 1. The Hall–Kier alpha value is -1.93. The zero-order valence-corrected chi connectivity index (χ0v) is 14.0. The Kier molecular flexibility index (Phi) is 5.47. The van der Waals surface area contributed by atoms with E-state index >= 15 is 0 Å². The summed E-state index contributed by atoms with van der Waals surface area (Å²) in [6.45, 7) is 3.17. The van der Waals surface area contributed by atoms with E-state index in [1.807, 2.05) is 17.1 Å². The summed E-state index contributed by atoms with van der Waals surface area (Å²) in [5, 5.41) is 2.86. The van der Waals surface area contributed by atoms with Crippen LogP contribution in [0.1, 0.15) is 18.5 Å². The van der Waals surface area contributed by atoms with Crippen molar-refractivity contribution < 1.29 is 23.6 Å². The molecule has 2 fully saturated rings. The Morgan fingerprint density at radius 3 is 3.04 bits per heavy atom. The minimum absolute atomic E-state index is 0.0249. The van der Waals surface area contributed by atoms with E-state index in [9.17, 15) is 9.59 Å². The van der Waals surface area contributed by atoms with Gasteiger partial charge in [-0.05, 0) is 12.8 Å². The predicted octanol–water partition coefficient (Wildman–Crippen LogP) is -1.00. The molecule has 2 aliphatic heterocycles. The lowest BCUT2D eigenvalue weighted by Gasteiger charge is -2.34. The van der Waals surface area contributed by atoms with Crippen LogP contribution in [0.25, 0.3) is 0 Å². The van der Waals surface area contributed by atoms with Gasteiger partial charge in [-0.25, -0.2) is 9.55 Å². The second-order valence-corrected chi connectivity index (χ2v) is 6.23. The summed E-state index contributed by atoms with van der Waals surface area (Å²) in [6, 6.07) is -0.733. The molecular weight excluding hydrogens is 312 g/mol. The summed E-state index contributed by atoms with van der Waals surface area (Å²) < 4.78 is 12.3. The van der Waals surface area contributed by atoms with Crippen molar-refractivity contribution in [3.8, 4) is 0 Å². The lowest BCUT2D eigenvalue weighted by Crippen LogP contribution is -2.61. The molecular formula is C16H25N4O4+. The third kappa shape index (κ3) is 3.76. The fraction of sp³-hybridized carbons (Fsp3) is 0.688. The second-order valence-electron chi connectivity index (χ2n) is 6.23. The van der Waals surface area contributed by atoms with Crippen LogP contribution in [-0.2, 0) is 32.0 Å². The molecule has 3 rings (SSSR count). The van der Waals surface area contributed by atoms with Crippen molar-refractivity contribution in [1.29, 1.82) is 0 Å². The topological polar surface area (TPSA) is 87.5 Å². The molecule has 8 heteroatoms. The van der Waals surface area contributed by atoms with Crippen LogP contribution in [-0.4, -0.2) is 67.3 Å². The highest BCUT2D eigenvalue weighted by Crippen LogP contribution is 2.22. The summed E-state index contributed by atoms with van der Waals surface area (Å²) in [7, 11) is 1.65. The molecule has 24 heavy (non-hydrogen) atoms. The van der Waals surface area contributed by atoms with Crippen molar-refractivity contribution >= 4 is 11.8 Å². The molecule has 0 unspecified atom stereocenters. The maximum Gasteiger partial charge on any atom is 0.246 e. The molecule has 0 aliphatic carbocycles. The molecule has 0 radical (unpaired) electrons. The van der Waals surface area contributed by atoms with Gasteiger partial charge in [-0.1, -0.05) is 0 Å². The highest BCUT2D eigenvalue weighted by Gasteiger charge is 2.43. The van der Waals surface area contributed by atoms with Crippen molar-refractivity contribution in [2.75, 3.05) is 33.5 Å². The first-order valence-corrected chi connectivity index (χ1v) is 8.43. The molecule has 2 aliphatic rings. The molecule has 0 aromatic carbocycles. The largest absolute Gasteiger partial charge is 0.382 e. The highest BCUT2D eigenvalue weighted by molar-refractivity contribution is 5.97. The van der Waals surface area contributed by atoms with Crippen molar-refractivity contribution in [3.63, 3.8) is 0 Å². The number of aromatic amines is 1. The second kappa shape index (κ2) is 7.76. The maximum atomic E-state index is 12.5. The summed E-state index contributed by atoms with van der Waals surface area (Å²) >= 11 is 0. The zero-order chi connectivity index (χ0) is 16.9. The number of amides is 2. The van der Waals surface area contributed by atoms with Gasteiger partial charge in [-0.3, -0.25) is 9.59 Å². The third-order valence-corrected chi connectivity index (χ3v) is 4.54. The fourth-order valence-corrected chi connectivity index (χ4v) is 3.29. The SMILES string of the molecule is COCCOCC[n+]1c[nH]c(C[C@@H]2NC(=O)[C@@H]3CCCN3C2=O)c1. The first-order valence-electron chi connectivity index (χ1n) is 8.43. The number of ether oxygens (including phenoxy) is 2. The number of hydrogen-bond acceptors (Lipinski definition) is 4. The van der Waals surface area contributed by atoms with Crippen molar-refractivity contribution in [3.05, 3.63) is 18.2 Å². The van der Waals surface area contributed by atoms with Gasteiger partial charge in [0, 0.05) is 20.1 Å². The molecule has 0 saturated carbocycles. The monoisotopic (exact) mass is 337 g/mol. The Labute approximate surface area is 141 Å². The van der Waals surface area contributed by atoms with Crippen molar-refractivity contribution in [1.82, 2.24) is 15.2 Å². The first-order chi connectivity index (χ1) is 11.7. The van der Waals surface area contributed by atoms with Gasteiger partial charge in [0.15, 0.2) is 0 Å². The summed E-state index contributed by atoms with van der Waals surface area (Å²) in [5.74, 6) is 0.00391. The van der Waals surface area contributed by atoms with Crippen LogP contribution < -0.4 is 9.88 Å². The first kappa shape index (κ1) is 16.9. The number of hydrogen-bond donors (Lipinski definition) is 2.